The monoisotopic (exact) mass is 230 g/mol. The van der Waals surface area contributed by atoms with Gasteiger partial charge in [0.1, 0.15) is 0 Å². The molecule has 4 heteroatoms. The molecular weight excluding hydrogens is 204 g/mol. The molecule has 96 valence electrons. The first-order valence-corrected chi connectivity index (χ1v) is 6.21. The zero-order valence-electron chi connectivity index (χ0n) is 10.6. The molecule has 16 heavy (non-hydrogen) atoms. The Labute approximate surface area is 98.9 Å². The first-order valence-electron chi connectivity index (χ1n) is 6.21. The summed E-state index contributed by atoms with van der Waals surface area (Å²) in [6.45, 7) is 6.79. The minimum Gasteiger partial charge on any atom is -0.381 e. The number of methoxy groups -OCH3 is 1. The lowest BCUT2D eigenvalue weighted by atomic mass is 9.82. The molecule has 0 bridgehead atoms. The molecule has 1 rings (SSSR count). The molecule has 3 N–H and O–H groups in total. The second-order valence-electron chi connectivity index (χ2n) is 4.98. The van der Waals surface area contributed by atoms with Gasteiger partial charge in [-0.1, -0.05) is 6.92 Å². The van der Waals surface area contributed by atoms with Crippen molar-refractivity contribution in [1.29, 1.82) is 0 Å². The molecule has 1 aliphatic rings. The zero-order chi connectivity index (χ0) is 11.9. The first kappa shape index (κ1) is 13.9. The van der Waals surface area contributed by atoms with Gasteiger partial charge in [-0.3, -0.25) is 0 Å². The first-order chi connectivity index (χ1) is 7.70. The number of ether oxygens (including phenoxy) is 2. The standard InChI is InChI=1S/C12H26N2O2/c1-12(4-7-16-8-5-12)10-14-6-3-11(9-13)15-2/h11,14H,3-10,13H2,1-2H3. The number of nitrogens with two attached hydrogens (primary N) is 1. The summed E-state index contributed by atoms with van der Waals surface area (Å²) in [5.41, 5.74) is 5.97. The Kier molecular flexibility index (Phi) is 6.28. The fourth-order valence-electron chi connectivity index (χ4n) is 2.03. The molecule has 1 aliphatic heterocycles. The van der Waals surface area contributed by atoms with Gasteiger partial charge in [0.25, 0.3) is 0 Å². The summed E-state index contributed by atoms with van der Waals surface area (Å²) in [6, 6.07) is 0. The minimum atomic E-state index is 0.190. The molecule has 0 radical (unpaired) electrons. The van der Waals surface area contributed by atoms with Crippen molar-refractivity contribution in [1.82, 2.24) is 5.32 Å². The third kappa shape index (κ3) is 4.78. The average Bonchev–Trinajstić information content (AvgIpc) is 2.30. The normalized spacial score (nSPS) is 21.9. The van der Waals surface area contributed by atoms with Crippen LogP contribution in [0.3, 0.4) is 0 Å². The largest absolute Gasteiger partial charge is 0.381 e. The van der Waals surface area contributed by atoms with E-state index in [9.17, 15) is 0 Å². The number of rotatable bonds is 7. The highest BCUT2D eigenvalue weighted by atomic mass is 16.5. The Hall–Kier alpha value is -0.160. The molecule has 0 aromatic heterocycles. The molecule has 0 aliphatic carbocycles. The van der Waals surface area contributed by atoms with Gasteiger partial charge in [-0.05, 0) is 31.2 Å². The second-order valence-corrected chi connectivity index (χ2v) is 4.98. The van der Waals surface area contributed by atoms with Crippen LogP contribution in [0.4, 0.5) is 0 Å². The van der Waals surface area contributed by atoms with E-state index < -0.39 is 0 Å². The fraction of sp³-hybridized carbons (Fsp3) is 1.00. The lowest BCUT2D eigenvalue weighted by Gasteiger charge is -2.33. The molecule has 1 heterocycles. The highest BCUT2D eigenvalue weighted by molar-refractivity contribution is 4.79. The van der Waals surface area contributed by atoms with Gasteiger partial charge in [-0.25, -0.2) is 0 Å². The number of hydrogen-bond acceptors (Lipinski definition) is 4. The maximum Gasteiger partial charge on any atom is 0.0705 e. The van der Waals surface area contributed by atoms with Crippen molar-refractivity contribution in [2.45, 2.75) is 32.3 Å². The molecule has 1 fully saturated rings. The molecule has 0 amide bonds. The highest BCUT2D eigenvalue weighted by Crippen LogP contribution is 2.28. The van der Waals surface area contributed by atoms with Crippen molar-refractivity contribution in [3.63, 3.8) is 0 Å². The van der Waals surface area contributed by atoms with E-state index in [0.29, 0.717) is 12.0 Å². The maximum atomic E-state index is 5.57. The summed E-state index contributed by atoms with van der Waals surface area (Å²) in [7, 11) is 1.72. The van der Waals surface area contributed by atoms with Gasteiger partial charge in [0.15, 0.2) is 0 Å². The van der Waals surface area contributed by atoms with Crippen LogP contribution in [0.2, 0.25) is 0 Å². The highest BCUT2D eigenvalue weighted by Gasteiger charge is 2.26. The third-order valence-electron chi connectivity index (χ3n) is 3.49. The lowest BCUT2D eigenvalue weighted by molar-refractivity contribution is 0.0235. The van der Waals surface area contributed by atoms with Crippen LogP contribution in [0.5, 0.6) is 0 Å². The third-order valence-corrected chi connectivity index (χ3v) is 3.49. The molecule has 4 nitrogen and oxygen atoms in total. The summed E-state index contributed by atoms with van der Waals surface area (Å²) in [5.74, 6) is 0. The number of hydrogen-bond donors (Lipinski definition) is 2. The van der Waals surface area contributed by atoms with Gasteiger partial charge < -0.3 is 20.5 Å². The molecular formula is C12H26N2O2. The maximum absolute atomic E-state index is 5.57. The molecule has 0 saturated carbocycles. The van der Waals surface area contributed by atoms with Crippen molar-refractivity contribution < 1.29 is 9.47 Å². The van der Waals surface area contributed by atoms with Crippen LogP contribution in [0.1, 0.15) is 26.2 Å². The van der Waals surface area contributed by atoms with Crippen molar-refractivity contribution in [3.8, 4) is 0 Å². The second kappa shape index (κ2) is 7.22. The van der Waals surface area contributed by atoms with Crippen molar-refractivity contribution in [3.05, 3.63) is 0 Å². The van der Waals surface area contributed by atoms with Gasteiger partial charge in [-0.15, -0.1) is 0 Å². The van der Waals surface area contributed by atoms with Gasteiger partial charge in [0.2, 0.25) is 0 Å². The fourth-order valence-corrected chi connectivity index (χ4v) is 2.03. The molecule has 1 unspecified atom stereocenters. The molecule has 0 aromatic rings. The van der Waals surface area contributed by atoms with Crippen LogP contribution >= 0.6 is 0 Å². The topological polar surface area (TPSA) is 56.5 Å². The SMILES string of the molecule is COC(CN)CCNCC1(C)CCOCC1. The summed E-state index contributed by atoms with van der Waals surface area (Å²) in [6.07, 6.45) is 3.49. The average molecular weight is 230 g/mol. The minimum absolute atomic E-state index is 0.190. The lowest BCUT2D eigenvalue weighted by Crippen LogP contribution is -2.38. The predicted molar refractivity (Wildman–Crippen MR) is 65.5 cm³/mol. The Morgan fingerprint density at radius 2 is 2.12 bits per heavy atom. The molecule has 1 atom stereocenters. The smallest absolute Gasteiger partial charge is 0.0705 e. The Morgan fingerprint density at radius 3 is 2.69 bits per heavy atom. The Balaban J connectivity index is 2.09. The Morgan fingerprint density at radius 1 is 1.44 bits per heavy atom. The van der Waals surface area contributed by atoms with E-state index in [1.807, 2.05) is 0 Å². The molecule has 1 saturated heterocycles. The van der Waals surface area contributed by atoms with E-state index in [1.165, 1.54) is 0 Å². The van der Waals surface area contributed by atoms with E-state index in [4.69, 9.17) is 15.2 Å². The molecule has 0 aromatic carbocycles. The van der Waals surface area contributed by atoms with Gasteiger partial charge in [0.05, 0.1) is 6.10 Å². The van der Waals surface area contributed by atoms with E-state index in [0.717, 1.165) is 45.6 Å². The van der Waals surface area contributed by atoms with Crippen LogP contribution in [0.15, 0.2) is 0 Å². The zero-order valence-corrected chi connectivity index (χ0v) is 10.6. The van der Waals surface area contributed by atoms with Crippen molar-refractivity contribution in [2.24, 2.45) is 11.1 Å². The summed E-state index contributed by atoms with van der Waals surface area (Å²) < 4.78 is 10.6. The van der Waals surface area contributed by atoms with E-state index in [1.54, 1.807) is 7.11 Å². The predicted octanol–water partition coefficient (Wildman–Crippen LogP) is 0.757. The van der Waals surface area contributed by atoms with Crippen LogP contribution < -0.4 is 11.1 Å². The summed E-state index contributed by atoms with van der Waals surface area (Å²) >= 11 is 0. The van der Waals surface area contributed by atoms with Gasteiger partial charge in [0, 0.05) is 33.4 Å². The van der Waals surface area contributed by atoms with Crippen LogP contribution in [-0.4, -0.2) is 46.1 Å². The van der Waals surface area contributed by atoms with Crippen LogP contribution in [0, 0.1) is 5.41 Å². The Bertz CT molecular complexity index is 178. The van der Waals surface area contributed by atoms with E-state index in [-0.39, 0.29) is 6.10 Å². The summed E-state index contributed by atoms with van der Waals surface area (Å²) in [5, 5.41) is 3.50. The van der Waals surface area contributed by atoms with Gasteiger partial charge >= 0.3 is 0 Å². The molecule has 0 spiro atoms. The quantitative estimate of drug-likeness (QED) is 0.634. The van der Waals surface area contributed by atoms with E-state index >= 15 is 0 Å². The van der Waals surface area contributed by atoms with Crippen LogP contribution in [0.25, 0.3) is 0 Å². The van der Waals surface area contributed by atoms with E-state index in [2.05, 4.69) is 12.2 Å². The van der Waals surface area contributed by atoms with Crippen LogP contribution in [-0.2, 0) is 9.47 Å². The van der Waals surface area contributed by atoms with Crippen molar-refractivity contribution >= 4 is 0 Å². The summed E-state index contributed by atoms with van der Waals surface area (Å²) in [4.78, 5) is 0. The number of nitrogens with one attached hydrogen (secondary N) is 1. The van der Waals surface area contributed by atoms with Crippen molar-refractivity contribution in [2.75, 3.05) is 40.0 Å². The van der Waals surface area contributed by atoms with Gasteiger partial charge in [-0.2, -0.15) is 0 Å².